The Morgan fingerprint density at radius 3 is 1.75 bits per heavy atom. The average molecular weight is 129 g/mol. The van der Waals surface area contributed by atoms with E-state index in [1.54, 1.807) is 0 Å². The maximum Gasteiger partial charge on any atom is 0.0461 e. The summed E-state index contributed by atoms with van der Waals surface area (Å²) in [4.78, 5) is 0. The van der Waals surface area contributed by atoms with Crippen LogP contribution in [0.1, 0.15) is 12.8 Å². The van der Waals surface area contributed by atoms with Crippen molar-refractivity contribution in [3.8, 4) is 0 Å². The number of hydrogen-bond donors (Lipinski definition) is 0. The minimum absolute atomic E-state index is 0.454. The molecule has 0 aromatic rings. The fraction of sp³-hybridized carbons (Fsp3) is 0.714. The van der Waals surface area contributed by atoms with Gasteiger partial charge in [0.2, 0.25) is 0 Å². The third-order valence-corrected chi connectivity index (χ3v) is 2.90. The van der Waals surface area contributed by atoms with Gasteiger partial charge in [-0.05, 0) is 24.7 Å². The fourth-order valence-electron chi connectivity index (χ4n) is 1.71. The van der Waals surface area contributed by atoms with Gasteiger partial charge < -0.3 is 0 Å². The Kier molecular flexibility index (Phi) is 0.916. The molecular formula is C7H9Cl. The van der Waals surface area contributed by atoms with Gasteiger partial charge in [-0.1, -0.05) is 12.2 Å². The maximum absolute atomic E-state index is 6.01. The summed E-state index contributed by atoms with van der Waals surface area (Å²) in [5.41, 5.74) is 0. The zero-order valence-corrected chi connectivity index (χ0v) is 5.43. The second-order valence-corrected chi connectivity index (χ2v) is 3.24. The van der Waals surface area contributed by atoms with Crippen molar-refractivity contribution >= 4 is 11.6 Å². The van der Waals surface area contributed by atoms with Crippen molar-refractivity contribution in [2.75, 3.05) is 0 Å². The predicted molar refractivity (Wildman–Crippen MR) is 35.0 cm³/mol. The van der Waals surface area contributed by atoms with Gasteiger partial charge in [-0.2, -0.15) is 0 Å². The Balaban J connectivity index is 2.27. The van der Waals surface area contributed by atoms with Crippen molar-refractivity contribution in [3.05, 3.63) is 12.2 Å². The first-order valence-corrected chi connectivity index (χ1v) is 3.64. The first kappa shape index (κ1) is 4.87. The average Bonchev–Trinajstić information content (AvgIpc) is 2.29. The van der Waals surface area contributed by atoms with Gasteiger partial charge in [0.05, 0.1) is 0 Å². The molecule has 0 radical (unpaired) electrons. The normalized spacial score (nSPS) is 50.9. The quantitative estimate of drug-likeness (QED) is 0.347. The third kappa shape index (κ3) is 0.469. The van der Waals surface area contributed by atoms with Crippen LogP contribution < -0.4 is 0 Å². The molecule has 2 bridgehead atoms. The second-order valence-electron chi connectivity index (χ2n) is 2.73. The van der Waals surface area contributed by atoms with E-state index in [2.05, 4.69) is 12.2 Å². The molecule has 2 aliphatic rings. The van der Waals surface area contributed by atoms with E-state index in [9.17, 15) is 0 Å². The summed E-state index contributed by atoms with van der Waals surface area (Å²) in [5, 5.41) is 0.454. The smallest absolute Gasteiger partial charge is 0.0461 e. The van der Waals surface area contributed by atoms with E-state index in [-0.39, 0.29) is 0 Å². The van der Waals surface area contributed by atoms with E-state index in [0.717, 1.165) is 11.8 Å². The molecule has 0 N–H and O–H groups in total. The summed E-state index contributed by atoms with van der Waals surface area (Å²) in [6.07, 6.45) is 7.20. The van der Waals surface area contributed by atoms with Crippen LogP contribution in [0.3, 0.4) is 0 Å². The van der Waals surface area contributed by atoms with Crippen LogP contribution in [0.15, 0.2) is 12.2 Å². The molecule has 2 aliphatic carbocycles. The number of fused-ring (bicyclic) bond motifs is 2. The van der Waals surface area contributed by atoms with Gasteiger partial charge in [-0.3, -0.25) is 0 Å². The molecule has 0 aliphatic heterocycles. The Labute approximate surface area is 54.5 Å². The van der Waals surface area contributed by atoms with Crippen molar-refractivity contribution in [1.29, 1.82) is 0 Å². The lowest BCUT2D eigenvalue weighted by Crippen LogP contribution is -2.03. The molecule has 44 valence electrons. The molecule has 0 spiro atoms. The van der Waals surface area contributed by atoms with Crippen molar-refractivity contribution < 1.29 is 0 Å². The van der Waals surface area contributed by atoms with Crippen molar-refractivity contribution in [2.24, 2.45) is 11.8 Å². The molecule has 1 unspecified atom stereocenters. The summed E-state index contributed by atoms with van der Waals surface area (Å²) < 4.78 is 0. The van der Waals surface area contributed by atoms with E-state index < -0.39 is 0 Å². The lowest BCUT2D eigenvalue weighted by molar-refractivity contribution is 0.703. The van der Waals surface area contributed by atoms with E-state index in [0.29, 0.717) is 5.38 Å². The molecular weight excluding hydrogens is 120 g/mol. The van der Waals surface area contributed by atoms with Crippen molar-refractivity contribution in [3.63, 3.8) is 0 Å². The third-order valence-electron chi connectivity index (χ3n) is 2.26. The molecule has 0 nitrogen and oxygen atoms in total. The molecule has 0 aromatic heterocycles. The minimum atomic E-state index is 0.454. The molecule has 1 saturated carbocycles. The molecule has 3 atom stereocenters. The van der Waals surface area contributed by atoms with Crippen LogP contribution >= 0.6 is 11.6 Å². The molecule has 0 saturated heterocycles. The summed E-state index contributed by atoms with van der Waals surface area (Å²) in [5.74, 6) is 1.45. The zero-order valence-electron chi connectivity index (χ0n) is 4.68. The lowest BCUT2D eigenvalue weighted by atomic mass is 10.1. The van der Waals surface area contributed by atoms with Crippen LogP contribution in [0, 0.1) is 11.8 Å². The Bertz CT molecular complexity index is 114. The Morgan fingerprint density at radius 2 is 1.62 bits per heavy atom. The van der Waals surface area contributed by atoms with E-state index in [1.807, 2.05) is 0 Å². The zero-order chi connectivity index (χ0) is 5.56. The number of hydrogen-bond acceptors (Lipinski definition) is 0. The SMILES string of the molecule is ClC1[C@@H]2C=C[C@H]1CC2. The van der Waals surface area contributed by atoms with Crippen LogP contribution in [0.4, 0.5) is 0 Å². The van der Waals surface area contributed by atoms with Gasteiger partial charge in [0.15, 0.2) is 0 Å². The van der Waals surface area contributed by atoms with Crippen LogP contribution in [-0.2, 0) is 0 Å². The highest BCUT2D eigenvalue weighted by Gasteiger charge is 2.35. The molecule has 8 heavy (non-hydrogen) atoms. The maximum atomic E-state index is 6.01. The first-order chi connectivity index (χ1) is 3.88. The Hall–Kier alpha value is 0.0300. The van der Waals surface area contributed by atoms with Crippen LogP contribution in [0.5, 0.6) is 0 Å². The van der Waals surface area contributed by atoms with E-state index >= 15 is 0 Å². The summed E-state index contributed by atoms with van der Waals surface area (Å²) in [7, 11) is 0. The van der Waals surface area contributed by atoms with E-state index in [1.165, 1.54) is 12.8 Å². The van der Waals surface area contributed by atoms with Gasteiger partial charge in [-0.15, -0.1) is 11.6 Å². The first-order valence-electron chi connectivity index (χ1n) is 3.20. The largest absolute Gasteiger partial charge is 0.122 e. The van der Waals surface area contributed by atoms with Gasteiger partial charge in [0.1, 0.15) is 0 Å². The standard InChI is InChI=1S/C7H9Cl/c8-7-5-1-2-6(7)4-3-5/h1-2,5-7H,3-4H2/t5-,6+,7?. The number of halogens is 1. The van der Waals surface area contributed by atoms with Gasteiger partial charge in [0, 0.05) is 5.38 Å². The highest BCUT2D eigenvalue weighted by molar-refractivity contribution is 6.21. The van der Waals surface area contributed by atoms with Crippen LogP contribution in [0.25, 0.3) is 0 Å². The fourth-order valence-corrected chi connectivity index (χ4v) is 2.13. The predicted octanol–water partition coefficient (Wildman–Crippen LogP) is 2.19. The van der Waals surface area contributed by atoms with Crippen molar-refractivity contribution in [1.82, 2.24) is 0 Å². The monoisotopic (exact) mass is 128 g/mol. The summed E-state index contributed by atoms with van der Waals surface area (Å²) in [6, 6.07) is 0. The molecule has 0 heterocycles. The number of allylic oxidation sites excluding steroid dienone is 2. The number of rotatable bonds is 0. The molecule has 0 aromatic carbocycles. The molecule has 1 fully saturated rings. The Morgan fingerprint density at radius 1 is 1.12 bits per heavy atom. The van der Waals surface area contributed by atoms with Crippen LogP contribution in [0.2, 0.25) is 0 Å². The minimum Gasteiger partial charge on any atom is -0.122 e. The van der Waals surface area contributed by atoms with Gasteiger partial charge in [-0.25, -0.2) is 0 Å². The number of alkyl halides is 1. The summed E-state index contributed by atoms with van der Waals surface area (Å²) >= 11 is 6.01. The second kappa shape index (κ2) is 1.51. The molecule has 1 heteroatoms. The topological polar surface area (TPSA) is 0 Å². The summed E-state index contributed by atoms with van der Waals surface area (Å²) in [6.45, 7) is 0. The molecule has 0 amide bonds. The van der Waals surface area contributed by atoms with E-state index in [4.69, 9.17) is 11.6 Å². The highest BCUT2D eigenvalue weighted by atomic mass is 35.5. The lowest BCUT2D eigenvalue weighted by Gasteiger charge is -2.02. The molecule has 2 rings (SSSR count). The van der Waals surface area contributed by atoms with Crippen LogP contribution in [-0.4, -0.2) is 5.38 Å². The van der Waals surface area contributed by atoms with Gasteiger partial charge in [0.25, 0.3) is 0 Å². The highest BCUT2D eigenvalue weighted by Crippen LogP contribution is 2.42. The van der Waals surface area contributed by atoms with Gasteiger partial charge >= 0.3 is 0 Å². The van der Waals surface area contributed by atoms with Crippen molar-refractivity contribution in [2.45, 2.75) is 18.2 Å².